The zero-order valence-electron chi connectivity index (χ0n) is 15.7. The van der Waals surface area contributed by atoms with E-state index in [-0.39, 0.29) is 24.4 Å². The molecule has 2 aliphatic heterocycles. The van der Waals surface area contributed by atoms with E-state index in [1.54, 1.807) is 6.07 Å². The van der Waals surface area contributed by atoms with Crippen LogP contribution in [-0.4, -0.2) is 29.9 Å². The van der Waals surface area contributed by atoms with Crippen LogP contribution in [0.2, 0.25) is 0 Å². The van der Waals surface area contributed by atoms with Crippen LogP contribution in [0.5, 0.6) is 0 Å². The van der Waals surface area contributed by atoms with E-state index in [0.29, 0.717) is 18.0 Å². The lowest BCUT2D eigenvalue weighted by Gasteiger charge is -2.39. The Morgan fingerprint density at radius 1 is 1.22 bits per heavy atom. The van der Waals surface area contributed by atoms with Gasteiger partial charge in [-0.3, -0.25) is 4.79 Å². The number of fused-ring (bicyclic) bond motifs is 3. The van der Waals surface area contributed by atoms with Gasteiger partial charge >= 0.3 is 0 Å². The van der Waals surface area contributed by atoms with Gasteiger partial charge in [-0.25, -0.2) is 0 Å². The Balaban J connectivity index is 0.00000210. The molecule has 4 nitrogen and oxygen atoms in total. The molecule has 27 heavy (non-hydrogen) atoms. The molecule has 1 fully saturated rings. The highest BCUT2D eigenvalue weighted by Gasteiger charge is 2.43. The quantitative estimate of drug-likeness (QED) is 0.884. The molecule has 2 aromatic carbocycles. The zero-order valence-corrected chi connectivity index (χ0v) is 16.5. The SMILES string of the molecule is CCc1cc(C)c2c(c1)[C@H]1CNC[C@@H]1N(Cc1cccc(C#N)c1)C2=O.Cl. The highest BCUT2D eigenvalue weighted by molar-refractivity contribution is 5.99. The van der Waals surface area contributed by atoms with Crippen molar-refractivity contribution >= 4 is 18.3 Å². The molecule has 1 saturated heterocycles. The monoisotopic (exact) mass is 381 g/mol. The van der Waals surface area contributed by atoms with Gasteiger partial charge in [-0.15, -0.1) is 12.4 Å². The average molecular weight is 382 g/mol. The zero-order chi connectivity index (χ0) is 18.3. The molecule has 0 aromatic heterocycles. The summed E-state index contributed by atoms with van der Waals surface area (Å²) in [6.45, 7) is 6.48. The number of rotatable bonds is 3. The van der Waals surface area contributed by atoms with Crippen molar-refractivity contribution in [1.29, 1.82) is 5.26 Å². The maximum atomic E-state index is 13.4. The standard InChI is InChI=1S/C22H23N3O.ClH/c1-3-15-7-14(2)21-18(9-15)19-11-24-12-20(19)25(22(21)26)13-17-6-4-5-16(8-17)10-23;/h4-9,19-20,24H,3,11-13H2,1-2H3;1H/t19-,20+;/m1./s1. The Morgan fingerprint density at radius 2 is 2.04 bits per heavy atom. The fraction of sp³-hybridized carbons (Fsp3) is 0.364. The molecule has 2 atom stereocenters. The van der Waals surface area contributed by atoms with E-state index in [4.69, 9.17) is 5.26 Å². The van der Waals surface area contributed by atoms with E-state index >= 15 is 0 Å². The van der Waals surface area contributed by atoms with Crippen LogP contribution in [0.25, 0.3) is 0 Å². The van der Waals surface area contributed by atoms with Crippen LogP contribution in [0.15, 0.2) is 36.4 Å². The second-order valence-electron chi connectivity index (χ2n) is 7.31. The van der Waals surface area contributed by atoms with Gasteiger partial charge in [-0.05, 0) is 47.7 Å². The van der Waals surface area contributed by atoms with Crippen molar-refractivity contribution in [3.63, 3.8) is 0 Å². The Kier molecular flexibility index (Phi) is 5.55. The van der Waals surface area contributed by atoms with Gasteiger partial charge in [-0.2, -0.15) is 5.26 Å². The molecule has 1 amide bonds. The van der Waals surface area contributed by atoms with Crippen LogP contribution in [0.4, 0.5) is 0 Å². The maximum absolute atomic E-state index is 13.4. The summed E-state index contributed by atoms with van der Waals surface area (Å²) in [4.78, 5) is 15.4. The number of hydrogen-bond donors (Lipinski definition) is 1. The van der Waals surface area contributed by atoms with Gasteiger partial charge in [0.25, 0.3) is 5.91 Å². The molecular weight excluding hydrogens is 358 g/mol. The lowest BCUT2D eigenvalue weighted by atomic mass is 9.81. The molecule has 2 aromatic rings. The second-order valence-corrected chi connectivity index (χ2v) is 7.31. The Hall–Kier alpha value is -2.35. The molecule has 140 valence electrons. The lowest BCUT2D eigenvalue weighted by molar-refractivity contribution is 0.0629. The van der Waals surface area contributed by atoms with Crippen LogP contribution >= 0.6 is 12.4 Å². The van der Waals surface area contributed by atoms with Gasteiger partial charge in [0, 0.05) is 31.1 Å². The minimum atomic E-state index is 0. The van der Waals surface area contributed by atoms with Gasteiger partial charge in [0.15, 0.2) is 0 Å². The highest BCUT2D eigenvalue weighted by atomic mass is 35.5. The number of carbonyl (C=O) groups excluding carboxylic acids is 1. The van der Waals surface area contributed by atoms with Crippen molar-refractivity contribution in [2.24, 2.45) is 0 Å². The van der Waals surface area contributed by atoms with E-state index in [9.17, 15) is 4.79 Å². The third-order valence-electron chi connectivity index (χ3n) is 5.70. The number of amides is 1. The number of benzene rings is 2. The van der Waals surface area contributed by atoms with Crippen molar-refractivity contribution in [3.05, 3.63) is 69.8 Å². The molecule has 4 rings (SSSR count). The minimum absolute atomic E-state index is 0. The fourth-order valence-corrected chi connectivity index (χ4v) is 4.41. The molecule has 1 N–H and O–H groups in total. The number of aryl methyl sites for hydroxylation is 2. The average Bonchev–Trinajstić information content (AvgIpc) is 3.14. The summed E-state index contributed by atoms with van der Waals surface area (Å²) in [6.07, 6.45) is 0.984. The smallest absolute Gasteiger partial charge is 0.255 e. The van der Waals surface area contributed by atoms with Crippen LogP contribution in [0.3, 0.4) is 0 Å². The summed E-state index contributed by atoms with van der Waals surface area (Å²) in [5, 5.41) is 12.6. The molecule has 0 radical (unpaired) electrons. The van der Waals surface area contributed by atoms with Crippen molar-refractivity contribution in [3.8, 4) is 6.07 Å². The number of nitrogens with one attached hydrogen (secondary N) is 1. The van der Waals surface area contributed by atoms with Crippen molar-refractivity contribution < 1.29 is 4.79 Å². The first-order chi connectivity index (χ1) is 12.6. The van der Waals surface area contributed by atoms with Crippen LogP contribution in [0.1, 0.15) is 51.0 Å². The molecule has 0 spiro atoms. The molecule has 2 aliphatic rings. The van der Waals surface area contributed by atoms with Gasteiger partial charge in [0.05, 0.1) is 17.7 Å². The number of halogens is 1. The maximum Gasteiger partial charge on any atom is 0.255 e. The van der Waals surface area contributed by atoms with Gasteiger partial charge in [0.2, 0.25) is 0 Å². The topological polar surface area (TPSA) is 56.1 Å². The number of nitriles is 1. The Labute approximate surface area is 166 Å². The van der Waals surface area contributed by atoms with Crippen molar-refractivity contribution in [2.75, 3.05) is 13.1 Å². The first kappa shape index (κ1) is 19.4. The van der Waals surface area contributed by atoms with E-state index in [2.05, 4.69) is 30.4 Å². The fourth-order valence-electron chi connectivity index (χ4n) is 4.41. The van der Waals surface area contributed by atoms with Crippen LogP contribution in [0, 0.1) is 18.3 Å². The summed E-state index contributed by atoms with van der Waals surface area (Å²) in [5.74, 6) is 0.458. The molecule has 5 heteroatoms. The molecule has 0 unspecified atom stereocenters. The predicted octanol–water partition coefficient (Wildman–Crippen LogP) is 3.56. The summed E-state index contributed by atoms with van der Waals surface area (Å²) < 4.78 is 0. The Bertz CT molecular complexity index is 918. The third kappa shape index (κ3) is 3.34. The predicted molar refractivity (Wildman–Crippen MR) is 108 cm³/mol. The van der Waals surface area contributed by atoms with Gasteiger partial charge in [0.1, 0.15) is 0 Å². The first-order valence-corrected chi connectivity index (χ1v) is 9.26. The van der Waals surface area contributed by atoms with Gasteiger partial charge < -0.3 is 10.2 Å². The number of carbonyl (C=O) groups is 1. The molecule has 0 aliphatic carbocycles. The Morgan fingerprint density at radius 3 is 2.78 bits per heavy atom. The van der Waals surface area contributed by atoms with E-state index in [1.807, 2.05) is 30.0 Å². The van der Waals surface area contributed by atoms with Crippen LogP contribution in [-0.2, 0) is 13.0 Å². The largest absolute Gasteiger partial charge is 0.329 e. The van der Waals surface area contributed by atoms with E-state index in [1.165, 1.54) is 11.1 Å². The van der Waals surface area contributed by atoms with Crippen molar-refractivity contribution in [2.45, 2.75) is 38.8 Å². The summed E-state index contributed by atoms with van der Waals surface area (Å²) in [7, 11) is 0. The van der Waals surface area contributed by atoms with E-state index < -0.39 is 0 Å². The minimum Gasteiger partial charge on any atom is -0.329 e. The van der Waals surface area contributed by atoms with Crippen LogP contribution < -0.4 is 5.32 Å². The first-order valence-electron chi connectivity index (χ1n) is 9.26. The molecule has 0 bridgehead atoms. The third-order valence-corrected chi connectivity index (χ3v) is 5.70. The lowest BCUT2D eigenvalue weighted by Crippen LogP contribution is -2.48. The summed E-state index contributed by atoms with van der Waals surface area (Å²) in [5.41, 5.74) is 6.11. The number of hydrogen-bond acceptors (Lipinski definition) is 3. The van der Waals surface area contributed by atoms with E-state index in [0.717, 1.165) is 36.2 Å². The molecule has 2 heterocycles. The second kappa shape index (κ2) is 7.72. The number of nitrogens with zero attached hydrogens (tertiary/aromatic N) is 2. The highest BCUT2D eigenvalue weighted by Crippen LogP contribution is 2.38. The van der Waals surface area contributed by atoms with Crippen molar-refractivity contribution in [1.82, 2.24) is 10.2 Å². The molecule has 0 saturated carbocycles. The molecular formula is C22H24ClN3O. The van der Waals surface area contributed by atoms with Gasteiger partial charge in [-0.1, -0.05) is 31.2 Å². The normalized spacial score (nSPS) is 20.5. The summed E-state index contributed by atoms with van der Waals surface area (Å²) in [6, 6.07) is 14.3. The summed E-state index contributed by atoms with van der Waals surface area (Å²) >= 11 is 0.